The highest BCUT2D eigenvalue weighted by molar-refractivity contribution is 5.80. The summed E-state index contributed by atoms with van der Waals surface area (Å²) in [6.07, 6.45) is 1.38. The molecule has 0 aliphatic heterocycles. The molecule has 0 spiro atoms. The van der Waals surface area contributed by atoms with Crippen molar-refractivity contribution in [1.82, 2.24) is 15.2 Å². The molecule has 1 unspecified atom stereocenters. The molecule has 0 saturated heterocycles. The van der Waals surface area contributed by atoms with Crippen LogP contribution in [0.5, 0.6) is 5.75 Å². The van der Waals surface area contributed by atoms with Crippen LogP contribution in [0.1, 0.15) is 12.6 Å². The first-order valence-electron chi connectivity index (χ1n) is 5.09. The molecule has 2 N–H and O–H groups in total. The fourth-order valence-corrected chi connectivity index (χ4v) is 1.25. The molecule has 0 bridgehead atoms. The molecule has 0 aliphatic rings. The van der Waals surface area contributed by atoms with E-state index < -0.39 is 0 Å². The molecule has 1 atom stereocenters. The van der Waals surface area contributed by atoms with Crippen LogP contribution in [-0.4, -0.2) is 41.0 Å². The highest BCUT2D eigenvalue weighted by Crippen LogP contribution is 2.05. The van der Waals surface area contributed by atoms with Gasteiger partial charge in [-0.3, -0.25) is 9.78 Å². The van der Waals surface area contributed by atoms with E-state index in [0.29, 0.717) is 6.54 Å². The lowest BCUT2D eigenvalue weighted by Crippen LogP contribution is -2.41. The minimum Gasteiger partial charge on any atom is -0.506 e. The Labute approximate surface area is 95.1 Å². The molecule has 1 amide bonds. The molecule has 1 rings (SSSR count). The van der Waals surface area contributed by atoms with Gasteiger partial charge in [0, 0.05) is 20.6 Å². The maximum atomic E-state index is 11.5. The number of amides is 1. The maximum absolute atomic E-state index is 11.5. The van der Waals surface area contributed by atoms with E-state index in [4.69, 9.17) is 5.11 Å². The third-order valence-corrected chi connectivity index (χ3v) is 2.21. The van der Waals surface area contributed by atoms with E-state index in [0.717, 1.165) is 5.69 Å². The summed E-state index contributed by atoms with van der Waals surface area (Å²) in [6, 6.07) is 3.04. The number of likely N-dealkylation sites (N-methyl/N-ethyl adjacent to an activating group) is 1. The number of aromatic nitrogens is 1. The molecule has 1 aromatic rings. The average molecular weight is 223 g/mol. The lowest BCUT2D eigenvalue weighted by atomic mass is 10.2. The summed E-state index contributed by atoms with van der Waals surface area (Å²) >= 11 is 0. The smallest absolute Gasteiger partial charge is 0.238 e. The first-order valence-corrected chi connectivity index (χ1v) is 5.09. The Morgan fingerprint density at radius 1 is 1.56 bits per heavy atom. The van der Waals surface area contributed by atoms with Gasteiger partial charge in [-0.2, -0.15) is 0 Å². The van der Waals surface area contributed by atoms with Crippen molar-refractivity contribution in [2.75, 3.05) is 14.1 Å². The minimum absolute atomic E-state index is 0.0266. The molecule has 0 aliphatic carbocycles. The standard InChI is InChI=1S/C11H17N3O2/c1-8(11(16)14(2)3)12-6-9-4-5-10(15)7-13-9/h4-5,7-8,12,15H,6H2,1-3H3. The van der Waals surface area contributed by atoms with E-state index in [1.165, 1.54) is 6.20 Å². The van der Waals surface area contributed by atoms with Gasteiger partial charge in [-0.1, -0.05) is 0 Å². The Hall–Kier alpha value is -1.62. The van der Waals surface area contributed by atoms with Gasteiger partial charge in [-0.05, 0) is 19.1 Å². The fraction of sp³-hybridized carbons (Fsp3) is 0.455. The molecule has 0 saturated carbocycles. The quantitative estimate of drug-likeness (QED) is 0.773. The molecule has 0 aromatic carbocycles. The van der Waals surface area contributed by atoms with Gasteiger partial charge in [0.1, 0.15) is 5.75 Å². The molecule has 16 heavy (non-hydrogen) atoms. The van der Waals surface area contributed by atoms with Crippen LogP contribution < -0.4 is 5.32 Å². The molecule has 1 aromatic heterocycles. The van der Waals surface area contributed by atoms with Gasteiger partial charge >= 0.3 is 0 Å². The average Bonchev–Trinajstić information content (AvgIpc) is 2.26. The van der Waals surface area contributed by atoms with Crippen molar-refractivity contribution >= 4 is 5.91 Å². The van der Waals surface area contributed by atoms with Crippen LogP contribution in [0.2, 0.25) is 0 Å². The number of rotatable bonds is 4. The SMILES string of the molecule is CC(NCc1ccc(O)cn1)C(=O)N(C)C. The molecular weight excluding hydrogens is 206 g/mol. The lowest BCUT2D eigenvalue weighted by Gasteiger charge is -2.17. The van der Waals surface area contributed by atoms with Crippen LogP contribution in [-0.2, 0) is 11.3 Å². The zero-order valence-electron chi connectivity index (χ0n) is 9.77. The summed E-state index contributed by atoms with van der Waals surface area (Å²) in [7, 11) is 3.44. The number of nitrogens with zero attached hydrogens (tertiary/aromatic N) is 2. The Kier molecular flexibility index (Phi) is 4.25. The normalized spacial score (nSPS) is 12.2. The van der Waals surface area contributed by atoms with Crippen LogP contribution in [0.4, 0.5) is 0 Å². The van der Waals surface area contributed by atoms with E-state index in [2.05, 4.69) is 10.3 Å². The van der Waals surface area contributed by atoms with Crippen molar-refractivity contribution in [2.45, 2.75) is 19.5 Å². The second kappa shape index (κ2) is 5.46. The van der Waals surface area contributed by atoms with Crippen molar-refractivity contribution in [2.24, 2.45) is 0 Å². The first kappa shape index (κ1) is 12.4. The van der Waals surface area contributed by atoms with Gasteiger partial charge in [0.2, 0.25) is 5.91 Å². The summed E-state index contributed by atoms with van der Waals surface area (Å²) < 4.78 is 0. The summed E-state index contributed by atoms with van der Waals surface area (Å²) in [4.78, 5) is 17.1. The maximum Gasteiger partial charge on any atom is 0.238 e. The number of hydrogen-bond donors (Lipinski definition) is 2. The van der Waals surface area contributed by atoms with E-state index in [-0.39, 0.29) is 17.7 Å². The predicted octanol–water partition coefficient (Wildman–Crippen LogP) is 0.353. The summed E-state index contributed by atoms with van der Waals surface area (Å²) in [6.45, 7) is 2.31. The Balaban J connectivity index is 2.45. The molecule has 0 fully saturated rings. The van der Waals surface area contributed by atoms with Gasteiger partial charge in [0.25, 0.3) is 0 Å². The second-order valence-corrected chi connectivity index (χ2v) is 3.84. The zero-order valence-corrected chi connectivity index (χ0v) is 9.77. The van der Waals surface area contributed by atoms with Crippen LogP contribution in [0.3, 0.4) is 0 Å². The Morgan fingerprint density at radius 3 is 2.75 bits per heavy atom. The molecule has 5 nitrogen and oxygen atoms in total. The molecule has 88 valence electrons. The van der Waals surface area contributed by atoms with Crippen molar-refractivity contribution < 1.29 is 9.90 Å². The zero-order chi connectivity index (χ0) is 12.1. The highest BCUT2D eigenvalue weighted by Gasteiger charge is 2.13. The number of nitrogens with one attached hydrogen (secondary N) is 1. The Bertz CT molecular complexity index is 349. The number of carbonyl (C=O) groups excluding carboxylic acids is 1. The van der Waals surface area contributed by atoms with E-state index >= 15 is 0 Å². The van der Waals surface area contributed by atoms with Crippen molar-refractivity contribution in [3.63, 3.8) is 0 Å². The summed E-state index contributed by atoms with van der Waals surface area (Å²) in [5.41, 5.74) is 0.788. The van der Waals surface area contributed by atoms with Gasteiger partial charge in [-0.25, -0.2) is 0 Å². The number of pyridine rings is 1. The minimum atomic E-state index is -0.245. The molecular formula is C11H17N3O2. The molecule has 0 radical (unpaired) electrons. The number of hydrogen-bond acceptors (Lipinski definition) is 4. The van der Waals surface area contributed by atoms with E-state index in [1.54, 1.807) is 31.1 Å². The van der Waals surface area contributed by atoms with Crippen LogP contribution in [0.25, 0.3) is 0 Å². The highest BCUT2D eigenvalue weighted by atomic mass is 16.3. The first-order chi connectivity index (χ1) is 7.50. The molecule has 5 heteroatoms. The topological polar surface area (TPSA) is 65.5 Å². The van der Waals surface area contributed by atoms with Crippen LogP contribution >= 0.6 is 0 Å². The van der Waals surface area contributed by atoms with Gasteiger partial charge in [0.15, 0.2) is 0 Å². The Morgan fingerprint density at radius 2 is 2.25 bits per heavy atom. The predicted molar refractivity (Wildman–Crippen MR) is 60.9 cm³/mol. The third kappa shape index (κ3) is 3.51. The van der Waals surface area contributed by atoms with Crippen molar-refractivity contribution in [1.29, 1.82) is 0 Å². The van der Waals surface area contributed by atoms with Crippen LogP contribution in [0.15, 0.2) is 18.3 Å². The van der Waals surface area contributed by atoms with Crippen molar-refractivity contribution in [3.8, 4) is 5.75 Å². The number of carbonyl (C=O) groups is 1. The fourth-order valence-electron chi connectivity index (χ4n) is 1.25. The number of aromatic hydroxyl groups is 1. The van der Waals surface area contributed by atoms with Gasteiger partial charge in [-0.15, -0.1) is 0 Å². The monoisotopic (exact) mass is 223 g/mol. The van der Waals surface area contributed by atoms with E-state index in [1.807, 2.05) is 6.92 Å². The third-order valence-electron chi connectivity index (χ3n) is 2.21. The van der Waals surface area contributed by atoms with Gasteiger partial charge in [0.05, 0.1) is 17.9 Å². The summed E-state index contributed by atoms with van der Waals surface area (Å²) in [5.74, 6) is 0.167. The lowest BCUT2D eigenvalue weighted by molar-refractivity contribution is -0.130. The summed E-state index contributed by atoms with van der Waals surface area (Å²) in [5, 5.41) is 12.1. The van der Waals surface area contributed by atoms with E-state index in [9.17, 15) is 4.79 Å². The van der Waals surface area contributed by atoms with Crippen LogP contribution in [0, 0.1) is 0 Å². The molecule has 1 heterocycles. The van der Waals surface area contributed by atoms with Gasteiger partial charge < -0.3 is 15.3 Å². The largest absolute Gasteiger partial charge is 0.506 e. The van der Waals surface area contributed by atoms with Crippen molar-refractivity contribution in [3.05, 3.63) is 24.0 Å². The second-order valence-electron chi connectivity index (χ2n) is 3.84.